The van der Waals surface area contributed by atoms with Crippen LogP contribution in [0.25, 0.3) is 10.9 Å². The molecule has 1 fully saturated rings. The highest BCUT2D eigenvalue weighted by atomic mass is 32.2. The number of hydrogen-bond acceptors (Lipinski definition) is 7. The van der Waals surface area contributed by atoms with E-state index in [4.69, 9.17) is 9.47 Å². The number of para-hydroxylation sites is 1. The normalized spacial score (nSPS) is 20.7. The van der Waals surface area contributed by atoms with Crippen molar-refractivity contribution in [1.29, 1.82) is 0 Å². The zero-order chi connectivity index (χ0) is 24.1. The Labute approximate surface area is 205 Å². The van der Waals surface area contributed by atoms with E-state index >= 15 is 0 Å². The van der Waals surface area contributed by atoms with Crippen LogP contribution in [0.15, 0.2) is 34.0 Å². The molecule has 9 heteroatoms. The van der Waals surface area contributed by atoms with Gasteiger partial charge in [-0.05, 0) is 19.2 Å². The van der Waals surface area contributed by atoms with Gasteiger partial charge in [0.2, 0.25) is 5.91 Å². The number of ether oxygens (including phenoxy) is 2. The number of aryl methyl sites for hydroxylation is 1. The molecular formula is C25H36N4O4S. The molecule has 0 aliphatic carbocycles. The number of carbonyl (C=O) groups is 1. The number of aromatic nitrogens is 1. The van der Waals surface area contributed by atoms with Gasteiger partial charge in [-0.2, -0.15) is 0 Å². The third-order valence-electron chi connectivity index (χ3n) is 6.78. The largest absolute Gasteiger partial charge is 0.379 e. The van der Waals surface area contributed by atoms with E-state index in [9.17, 15) is 9.59 Å². The van der Waals surface area contributed by atoms with Crippen LogP contribution >= 0.6 is 11.8 Å². The minimum atomic E-state index is -0.571. The van der Waals surface area contributed by atoms with Gasteiger partial charge in [-0.25, -0.2) is 0 Å². The molecule has 0 bridgehead atoms. The Morgan fingerprint density at radius 2 is 1.97 bits per heavy atom. The summed E-state index contributed by atoms with van der Waals surface area (Å²) in [6, 6.07) is 7.87. The summed E-state index contributed by atoms with van der Waals surface area (Å²) in [5.41, 5.74) is 1.39. The quantitative estimate of drug-likeness (QED) is 0.547. The lowest BCUT2D eigenvalue weighted by Crippen LogP contribution is -2.42. The van der Waals surface area contributed by atoms with E-state index in [0.717, 1.165) is 68.3 Å². The number of nitrogens with one attached hydrogen (secondary N) is 1. The first-order chi connectivity index (χ1) is 16.5. The highest BCUT2D eigenvalue weighted by molar-refractivity contribution is 8.01. The molecule has 2 unspecified atom stereocenters. The van der Waals surface area contributed by atoms with Crippen molar-refractivity contribution in [2.75, 3.05) is 65.6 Å². The smallest absolute Gasteiger partial charge is 0.257 e. The van der Waals surface area contributed by atoms with Gasteiger partial charge in [0.25, 0.3) is 5.56 Å². The predicted octanol–water partition coefficient (Wildman–Crippen LogP) is 1.86. The molecule has 186 valence electrons. The van der Waals surface area contributed by atoms with Crippen molar-refractivity contribution in [3.05, 3.63) is 40.2 Å². The van der Waals surface area contributed by atoms with E-state index in [0.29, 0.717) is 18.7 Å². The summed E-state index contributed by atoms with van der Waals surface area (Å²) in [5, 5.41) is 3.59. The van der Waals surface area contributed by atoms with Crippen molar-refractivity contribution in [2.45, 2.75) is 30.1 Å². The number of likely N-dealkylation sites (N-methyl/N-ethyl adjacent to an activating group) is 1. The fourth-order valence-electron chi connectivity index (χ4n) is 4.68. The number of fused-ring (bicyclic) bond motifs is 3. The average Bonchev–Trinajstić information content (AvgIpc) is 3.25. The number of thioether (sulfide) groups is 1. The summed E-state index contributed by atoms with van der Waals surface area (Å²) < 4.78 is 13.4. The third-order valence-corrected chi connectivity index (χ3v) is 8.17. The Morgan fingerprint density at radius 1 is 1.24 bits per heavy atom. The highest BCUT2D eigenvalue weighted by Crippen LogP contribution is 2.47. The van der Waals surface area contributed by atoms with Crippen molar-refractivity contribution < 1.29 is 14.3 Å². The Balaban J connectivity index is 1.56. The van der Waals surface area contributed by atoms with Gasteiger partial charge >= 0.3 is 0 Å². The lowest BCUT2D eigenvalue weighted by atomic mass is 10.0. The SMILES string of the molecule is CCN(CC)CCNC(=O)C1Sc2c(c(=O)n(C)c3ccccc23)C1OCCN1CCOCC1. The van der Waals surface area contributed by atoms with Crippen LogP contribution in [0.3, 0.4) is 0 Å². The molecule has 1 saturated heterocycles. The molecule has 0 saturated carbocycles. The van der Waals surface area contributed by atoms with Gasteiger partial charge in [0, 0.05) is 50.1 Å². The molecule has 4 rings (SSSR count). The summed E-state index contributed by atoms with van der Waals surface area (Å²) in [6.07, 6.45) is -0.571. The second-order valence-electron chi connectivity index (χ2n) is 8.73. The Hall–Kier alpha value is -1.91. The topological polar surface area (TPSA) is 76.0 Å². The maximum atomic E-state index is 13.4. The Morgan fingerprint density at radius 3 is 2.71 bits per heavy atom. The molecule has 3 heterocycles. The van der Waals surface area contributed by atoms with Gasteiger partial charge in [-0.1, -0.05) is 32.0 Å². The average molecular weight is 489 g/mol. The van der Waals surface area contributed by atoms with Crippen molar-refractivity contribution in [3.63, 3.8) is 0 Å². The van der Waals surface area contributed by atoms with Crippen LogP contribution in [0, 0.1) is 0 Å². The molecule has 1 amide bonds. The summed E-state index contributed by atoms with van der Waals surface area (Å²) in [4.78, 5) is 32.2. The fraction of sp³-hybridized carbons (Fsp3) is 0.600. The van der Waals surface area contributed by atoms with Gasteiger partial charge in [0.1, 0.15) is 11.4 Å². The van der Waals surface area contributed by atoms with Crippen LogP contribution in [0.2, 0.25) is 0 Å². The molecule has 2 aliphatic rings. The molecular weight excluding hydrogens is 452 g/mol. The van der Waals surface area contributed by atoms with E-state index in [1.165, 1.54) is 11.8 Å². The van der Waals surface area contributed by atoms with Gasteiger partial charge in [0.05, 0.1) is 30.9 Å². The second kappa shape index (κ2) is 11.7. The Bertz CT molecular complexity index is 1050. The van der Waals surface area contributed by atoms with Crippen molar-refractivity contribution in [2.24, 2.45) is 7.05 Å². The number of amides is 1. The van der Waals surface area contributed by atoms with Crippen LogP contribution in [0.5, 0.6) is 0 Å². The van der Waals surface area contributed by atoms with Gasteiger partial charge in [0.15, 0.2) is 0 Å². The molecule has 1 aromatic heterocycles. The third kappa shape index (κ3) is 5.33. The van der Waals surface area contributed by atoms with E-state index < -0.39 is 11.4 Å². The second-order valence-corrected chi connectivity index (χ2v) is 9.88. The molecule has 1 N–H and O–H groups in total. The van der Waals surface area contributed by atoms with Crippen LogP contribution in [-0.2, 0) is 21.3 Å². The van der Waals surface area contributed by atoms with Crippen LogP contribution < -0.4 is 10.9 Å². The molecule has 2 atom stereocenters. The first-order valence-corrected chi connectivity index (χ1v) is 13.1. The fourth-order valence-corrected chi connectivity index (χ4v) is 6.09. The van der Waals surface area contributed by atoms with Crippen molar-refractivity contribution in [3.8, 4) is 0 Å². The van der Waals surface area contributed by atoms with Crippen LogP contribution in [-0.4, -0.2) is 91.2 Å². The minimum Gasteiger partial charge on any atom is -0.379 e. The number of pyridine rings is 1. The number of nitrogens with zero attached hydrogens (tertiary/aromatic N) is 3. The zero-order valence-corrected chi connectivity index (χ0v) is 21.2. The Kier molecular flexibility index (Phi) is 8.65. The maximum Gasteiger partial charge on any atom is 0.257 e. The van der Waals surface area contributed by atoms with Crippen molar-refractivity contribution >= 4 is 28.6 Å². The number of carbonyl (C=O) groups excluding carboxylic acids is 1. The van der Waals surface area contributed by atoms with E-state index in [1.54, 1.807) is 11.6 Å². The molecule has 8 nitrogen and oxygen atoms in total. The lowest BCUT2D eigenvalue weighted by Gasteiger charge is -2.27. The number of rotatable bonds is 10. The van der Waals surface area contributed by atoms with E-state index in [2.05, 4.69) is 29.0 Å². The summed E-state index contributed by atoms with van der Waals surface area (Å²) in [7, 11) is 1.79. The number of hydrogen-bond donors (Lipinski definition) is 1. The monoisotopic (exact) mass is 488 g/mol. The van der Waals surface area contributed by atoms with Gasteiger partial charge < -0.3 is 24.3 Å². The number of benzene rings is 1. The highest BCUT2D eigenvalue weighted by Gasteiger charge is 2.42. The first kappa shape index (κ1) is 25.2. The molecule has 0 spiro atoms. The predicted molar refractivity (Wildman–Crippen MR) is 136 cm³/mol. The summed E-state index contributed by atoms with van der Waals surface area (Å²) in [5.74, 6) is -0.0733. The molecule has 2 aromatic rings. The van der Waals surface area contributed by atoms with Gasteiger partial charge in [-0.3, -0.25) is 14.5 Å². The van der Waals surface area contributed by atoms with Gasteiger partial charge in [-0.15, -0.1) is 11.8 Å². The zero-order valence-electron chi connectivity index (χ0n) is 20.4. The lowest BCUT2D eigenvalue weighted by molar-refractivity contribution is -0.123. The first-order valence-electron chi connectivity index (χ1n) is 12.2. The maximum absolute atomic E-state index is 13.4. The standard InChI is InChI=1S/C25H36N4O4S/c1-4-28(5-2)11-10-26-24(30)23-21(33-17-14-29-12-15-32-16-13-29)20-22(34-23)18-8-6-7-9-19(18)27(3)25(20)31/h6-9,21,23H,4-5,10-17H2,1-3H3,(H,26,30). The summed E-state index contributed by atoms with van der Waals surface area (Å²) >= 11 is 1.46. The summed E-state index contributed by atoms with van der Waals surface area (Å²) in [6.45, 7) is 11.9. The van der Waals surface area contributed by atoms with E-state index in [-0.39, 0.29) is 11.5 Å². The molecule has 1 aromatic carbocycles. The minimum absolute atomic E-state index is 0.0733. The van der Waals surface area contributed by atoms with Crippen LogP contribution in [0.1, 0.15) is 25.5 Å². The van der Waals surface area contributed by atoms with Crippen molar-refractivity contribution in [1.82, 2.24) is 19.7 Å². The van der Waals surface area contributed by atoms with E-state index in [1.807, 2.05) is 24.3 Å². The molecule has 34 heavy (non-hydrogen) atoms. The number of morpholine rings is 1. The molecule has 2 aliphatic heterocycles. The molecule has 0 radical (unpaired) electrons. The van der Waals surface area contributed by atoms with Crippen LogP contribution in [0.4, 0.5) is 0 Å².